The summed E-state index contributed by atoms with van der Waals surface area (Å²) in [5.74, 6) is 0.361. The summed E-state index contributed by atoms with van der Waals surface area (Å²) in [5, 5.41) is 1.08. The van der Waals surface area contributed by atoms with E-state index in [1.165, 1.54) is 5.56 Å². The summed E-state index contributed by atoms with van der Waals surface area (Å²) in [5.41, 5.74) is 6.84. The predicted octanol–water partition coefficient (Wildman–Crippen LogP) is 3.73. The monoisotopic (exact) mass is 362 g/mol. The van der Waals surface area contributed by atoms with Crippen molar-refractivity contribution in [3.8, 4) is 0 Å². The van der Waals surface area contributed by atoms with E-state index in [-0.39, 0.29) is 19.0 Å². The van der Waals surface area contributed by atoms with Gasteiger partial charge in [-0.3, -0.25) is 9.20 Å². The molecule has 0 atom stereocenters. The van der Waals surface area contributed by atoms with Gasteiger partial charge < -0.3 is 9.72 Å². The zero-order chi connectivity index (χ0) is 19.1. The molecule has 6 nitrogen and oxygen atoms in total. The molecule has 138 valence electrons. The Morgan fingerprint density at radius 2 is 1.96 bits per heavy atom. The molecule has 0 saturated carbocycles. The van der Waals surface area contributed by atoms with Crippen LogP contribution in [0.5, 0.6) is 0 Å². The van der Waals surface area contributed by atoms with Crippen LogP contribution in [0.4, 0.5) is 0 Å². The van der Waals surface area contributed by atoms with E-state index in [1.54, 1.807) is 0 Å². The second-order valence-corrected chi connectivity index (χ2v) is 7.06. The van der Waals surface area contributed by atoms with Crippen LogP contribution in [0.15, 0.2) is 30.5 Å². The molecule has 0 amide bonds. The summed E-state index contributed by atoms with van der Waals surface area (Å²) in [7, 11) is 0. The summed E-state index contributed by atoms with van der Waals surface area (Å²) in [6.45, 7) is 8.11. The van der Waals surface area contributed by atoms with Crippen molar-refractivity contribution in [1.82, 2.24) is 19.4 Å². The third kappa shape index (κ3) is 3.30. The molecule has 4 aromatic rings. The number of ether oxygens (including phenoxy) is 1. The van der Waals surface area contributed by atoms with Gasteiger partial charge in [0.25, 0.3) is 0 Å². The highest BCUT2D eigenvalue weighted by atomic mass is 16.5. The number of nitrogens with zero attached hydrogens (tertiary/aromatic N) is 3. The Morgan fingerprint density at radius 1 is 1.15 bits per heavy atom. The van der Waals surface area contributed by atoms with Crippen LogP contribution in [0, 0.1) is 27.7 Å². The SMILES string of the molecule is Cc1ccc2[nH]c(C)c(CC(=O)OCc3cn4c(C)cc(C)nc4n3)c2c1. The van der Waals surface area contributed by atoms with Crippen LogP contribution in [0.25, 0.3) is 16.7 Å². The van der Waals surface area contributed by atoms with Crippen LogP contribution in [0.3, 0.4) is 0 Å². The fourth-order valence-electron chi connectivity index (χ4n) is 3.46. The summed E-state index contributed by atoms with van der Waals surface area (Å²) in [6.07, 6.45) is 2.10. The highest BCUT2D eigenvalue weighted by molar-refractivity contribution is 5.89. The molecule has 0 aliphatic rings. The van der Waals surface area contributed by atoms with Gasteiger partial charge in [0.15, 0.2) is 0 Å². The van der Waals surface area contributed by atoms with Crippen molar-refractivity contribution in [2.45, 2.75) is 40.7 Å². The summed E-state index contributed by atoms with van der Waals surface area (Å²) >= 11 is 0. The highest BCUT2D eigenvalue weighted by Gasteiger charge is 2.15. The molecular weight excluding hydrogens is 340 g/mol. The van der Waals surface area contributed by atoms with E-state index in [0.717, 1.165) is 33.5 Å². The van der Waals surface area contributed by atoms with E-state index < -0.39 is 0 Å². The predicted molar refractivity (Wildman–Crippen MR) is 104 cm³/mol. The molecule has 6 heteroatoms. The van der Waals surface area contributed by atoms with Gasteiger partial charge in [-0.15, -0.1) is 0 Å². The maximum atomic E-state index is 12.4. The van der Waals surface area contributed by atoms with Gasteiger partial charge in [-0.1, -0.05) is 11.6 Å². The number of aromatic nitrogens is 4. The first-order valence-electron chi connectivity index (χ1n) is 8.96. The molecule has 1 aromatic carbocycles. The maximum absolute atomic E-state index is 12.4. The molecule has 0 unspecified atom stereocenters. The van der Waals surface area contributed by atoms with Crippen LogP contribution in [-0.4, -0.2) is 25.3 Å². The van der Waals surface area contributed by atoms with E-state index >= 15 is 0 Å². The zero-order valence-corrected chi connectivity index (χ0v) is 16.0. The lowest BCUT2D eigenvalue weighted by atomic mass is 10.1. The number of benzene rings is 1. The van der Waals surface area contributed by atoms with Gasteiger partial charge in [-0.25, -0.2) is 9.97 Å². The second-order valence-electron chi connectivity index (χ2n) is 7.06. The lowest BCUT2D eigenvalue weighted by molar-refractivity contribution is -0.144. The van der Waals surface area contributed by atoms with Gasteiger partial charge in [-0.2, -0.15) is 0 Å². The number of imidazole rings is 1. The number of carbonyl (C=O) groups excluding carboxylic acids is 1. The van der Waals surface area contributed by atoms with Crippen molar-refractivity contribution >= 4 is 22.6 Å². The molecule has 4 rings (SSSR count). The first-order valence-corrected chi connectivity index (χ1v) is 8.96. The van der Waals surface area contributed by atoms with Crippen molar-refractivity contribution in [3.63, 3.8) is 0 Å². The third-order valence-corrected chi connectivity index (χ3v) is 4.79. The topological polar surface area (TPSA) is 72.3 Å². The number of hydrogen-bond acceptors (Lipinski definition) is 4. The molecule has 3 heterocycles. The van der Waals surface area contributed by atoms with Gasteiger partial charge >= 0.3 is 5.97 Å². The molecule has 0 radical (unpaired) electrons. The van der Waals surface area contributed by atoms with E-state index in [4.69, 9.17) is 4.74 Å². The number of aryl methyl sites for hydroxylation is 4. The van der Waals surface area contributed by atoms with Crippen LogP contribution in [0.2, 0.25) is 0 Å². The fraction of sp³-hybridized carbons (Fsp3) is 0.286. The van der Waals surface area contributed by atoms with Crippen LogP contribution in [0.1, 0.15) is 33.9 Å². The van der Waals surface area contributed by atoms with Crippen molar-refractivity contribution in [2.75, 3.05) is 0 Å². The number of hydrogen-bond donors (Lipinski definition) is 1. The number of H-pyrrole nitrogens is 1. The number of carbonyl (C=O) groups is 1. The van der Waals surface area contributed by atoms with Crippen molar-refractivity contribution < 1.29 is 9.53 Å². The van der Waals surface area contributed by atoms with Gasteiger partial charge in [-0.05, 0) is 51.5 Å². The average molecular weight is 362 g/mol. The largest absolute Gasteiger partial charge is 0.459 e. The van der Waals surface area contributed by atoms with E-state index in [2.05, 4.69) is 27.1 Å². The smallest absolute Gasteiger partial charge is 0.310 e. The normalized spacial score (nSPS) is 11.4. The molecule has 1 N–H and O–H groups in total. The molecule has 0 aliphatic carbocycles. The highest BCUT2D eigenvalue weighted by Crippen LogP contribution is 2.24. The van der Waals surface area contributed by atoms with Gasteiger partial charge in [0, 0.05) is 34.2 Å². The molecule has 0 spiro atoms. The summed E-state index contributed by atoms with van der Waals surface area (Å²) in [6, 6.07) is 8.19. The minimum Gasteiger partial charge on any atom is -0.459 e. The Hall–Kier alpha value is -3.15. The number of fused-ring (bicyclic) bond motifs is 2. The Bertz CT molecular complexity index is 1170. The van der Waals surface area contributed by atoms with Crippen molar-refractivity contribution in [1.29, 1.82) is 0 Å². The minimum atomic E-state index is -0.265. The lowest BCUT2D eigenvalue weighted by Crippen LogP contribution is -2.08. The molecular formula is C21H22N4O2. The van der Waals surface area contributed by atoms with Crippen LogP contribution < -0.4 is 0 Å². The minimum absolute atomic E-state index is 0.140. The quantitative estimate of drug-likeness (QED) is 0.562. The fourth-order valence-corrected chi connectivity index (χ4v) is 3.46. The average Bonchev–Trinajstić information content (AvgIpc) is 3.15. The first-order chi connectivity index (χ1) is 12.9. The van der Waals surface area contributed by atoms with Gasteiger partial charge in [0.1, 0.15) is 6.61 Å². The Morgan fingerprint density at radius 3 is 2.78 bits per heavy atom. The van der Waals surface area contributed by atoms with E-state index in [0.29, 0.717) is 11.5 Å². The Kier molecular flexibility index (Phi) is 4.18. The van der Waals surface area contributed by atoms with Gasteiger partial charge in [0.2, 0.25) is 5.78 Å². The van der Waals surface area contributed by atoms with Gasteiger partial charge in [0.05, 0.1) is 12.1 Å². The number of aromatic amines is 1. The maximum Gasteiger partial charge on any atom is 0.310 e. The van der Waals surface area contributed by atoms with Crippen LogP contribution >= 0.6 is 0 Å². The van der Waals surface area contributed by atoms with Crippen molar-refractivity contribution in [3.05, 3.63) is 64.4 Å². The molecule has 0 aliphatic heterocycles. The summed E-state index contributed by atoms with van der Waals surface area (Å²) < 4.78 is 7.38. The molecule has 0 saturated heterocycles. The Labute approximate surface area is 157 Å². The van der Waals surface area contributed by atoms with Crippen molar-refractivity contribution in [2.24, 2.45) is 0 Å². The first kappa shape index (κ1) is 17.3. The number of nitrogens with one attached hydrogen (secondary N) is 1. The summed E-state index contributed by atoms with van der Waals surface area (Å²) in [4.78, 5) is 24.6. The van der Waals surface area contributed by atoms with E-state index in [1.807, 2.05) is 50.4 Å². The molecule has 0 bridgehead atoms. The molecule has 27 heavy (non-hydrogen) atoms. The second kappa shape index (κ2) is 6.54. The standard InChI is InChI=1S/C21H22N4O2/c1-12-5-6-19-18(7-12)17(15(4)23-19)9-20(26)27-11-16-10-25-14(3)8-13(2)22-21(25)24-16/h5-8,10,23H,9,11H2,1-4H3. The van der Waals surface area contributed by atoms with Crippen LogP contribution in [-0.2, 0) is 22.6 Å². The third-order valence-electron chi connectivity index (χ3n) is 4.79. The number of esters is 1. The Balaban J connectivity index is 1.50. The van der Waals surface area contributed by atoms with E-state index in [9.17, 15) is 4.79 Å². The zero-order valence-electron chi connectivity index (χ0n) is 16.0. The lowest BCUT2D eigenvalue weighted by Gasteiger charge is -2.04. The number of rotatable bonds is 4. The molecule has 0 fully saturated rings. The molecule has 3 aromatic heterocycles.